The Hall–Kier alpha value is -5.48. The molecule has 0 N–H and O–H groups in total. The number of hydrogen-bond acceptors (Lipinski definition) is 1. The normalized spacial score (nSPS) is 15.0. The van der Waals surface area contributed by atoms with Crippen molar-refractivity contribution < 1.29 is 4.42 Å². The summed E-state index contributed by atoms with van der Waals surface area (Å²) in [4.78, 5) is 0. The van der Waals surface area contributed by atoms with E-state index in [1.165, 1.54) is 93.5 Å². The molecule has 3 aliphatic rings. The largest absolute Gasteiger partial charge is 0.439 e. The number of aromatic nitrogens is 2. The maximum absolute atomic E-state index is 6.76. The lowest BCUT2D eigenvalue weighted by molar-refractivity contribution is 0.645. The lowest BCUT2D eigenvalue weighted by Crippen LogP contribution is -2.55. The van der Waals surface area contributed by atoms with E-state index in [0.29, 0.717) is 0 Å². The lowest BCUT2D eigenvalue weighted by atomic mass is 9.45. The second-order valence-corrected chi connectivity index (χ2v) is 13.6. The monoisotopic (exact) mass is 572 g/mol. The predicted molar refractivity (Wildman–Crippen MR) is 187 cm³/mol. The SMILES string of the molecule is CC1(C)c2ccccc2-c2c1c1cccc3c1n2B1c2c(cc4ccccc4c2-3)-n2c3oc4ccccc4c3c3cccc1c32. The standard InChI is InChI=1S/C41H25BN2O/c1-41(2)29-18-7-5-13-24(29)39-35(41)28-17-9-15-26-33-23-12-4-3-11-22(23)21-31-36(33)42(44(39)37(26)28)30-19-10-16-27-34-25-14-6-8-20-32(25)45-40(34)43(31)38(27)30/h3-21H,1-2H3. The van der Waals surface area contributed by atoms with Gasteiger partial charge in [-0.3, -0.25) is 4.57 Å². The molecule has 2 aliphatic heterocycles. The van der Waals surface area contributed by atoms with Crippen LogP contribution in [0, 0.1) is 0 Å². The highest BCUT2D eigenvalue weighted by molar-refractivity contribution is 6.90. The second kappa shape index (κ2) is 7.25. The van der Waals surface area contributed by atoms with Crippen molar-refractivity contribution in [1.29, 1.82) is 0 Å². The van der Waals surface area contributed by atoms with Gasteiger partial charge in [-0.05, 0) is 50.5 Å². The minimum absolute atomic E-state index is 0.0317. The highest BCUT2D eigenvalue weighted by Gasteiger charge is 2.48. The van der Waals surface area contributed by atoms with Crippen LogP contribution in [0.3, 0.4) is 0 Å². The second-order valence-electron chi connectivity index (χ2n) is 13.6. The van der Waals surface area contributed by atoms with Gasteiger partial charge in [-0.15, -0.1) is 0 Å². The summed E-state index contributed by atoms with van der Waals surface area (Å²) >= 11 is 0. The summed E-state index contributed by atoms with van der Waals surface area (Å²) < 4.78 is 11.9. The van der Waals surface area contributed by atoms with Crippen molar-refractivity contribution in [2.75, 3.05) is 0 Å². The van der Waals surface area contributed by atoms with E-state index in [9.17, 15) is 0 Å². The summed E-state index contributed by atoms with van der Waals surface area (Å²) in [5.74, 6) is 0. The molecule has 3 aromatic heterocycles. The fraction of sp³-hybridized carbons (Fsp3) is 0.0732. The van der Waals surface area contributed by atoms with Crippen LogP contribution < -0.4 is 10.9 Å². The van der Waals surface area contributed by atoms with Crippen molar-refractivity contribution in [3.63, 3.8) is 0 Å². The molecule has 1 aliphatic carbocycles. The number of furan rings is 1. The first-order valence-electron chi connectivity index (χ1n) is 15.9. The van der Waals surface area contributed by atoms with Crippen LogP contribution in [0.5, 0.6) is 0 Å². The van der Waals surface area contributed by atoms with Gasteiger partial charge in [0, 0.05) is 49.6 Å². The van der Waals surface area contributed by atoms with Crippen molar-refractivity contribution >= 4 is 72.4 Å². The molecule has 45 heavy (non-hydrogen) atoms. The summed E-state index contributed by atoms with van der Waals surface area (Å²) in [7, 11) is 0. The third-order valence-electron chi connectivity index (χ3n) is 11.2. The fourth-order valence-corrected chi connectivity index (χ4v) is 9.63. The van der Waals surface area contributed by atoms with E-state index < -0.39 is 0 Å². The number of rotatable bonds is 0. The zero-order chi connectivity index (χ0) is 29.3. The molecule has 12 rings (SSSR count). The Labute approximate surface area is 259 Å². The molecule has 9 aromatic rings. The average Bonchev–Trinajstić information content (AvgIpc) is 3.78. The van der Waals surface area contributed by atoms with Crippen LogP contribution in [0.15, 0.2) is 120 Å². The maximum Gasteiger partial charge on any atom is 0.333 e. The maximum atomic E-state index is 6.76. The van der Waals surface area contributed by atoms with Gasteiger partial charge in [0.15, 0.2) is 0 Å². The van der Waals surface area contributed by atoms with Crippen LogP contribution in [0.2, 0.25) is 0 Å². The lowest BCUT2D eigenvalue weighted by Gasteiger charge is -2.35. The van der Waals surface area contributed by atoms with Gasteiger partial charge in [0.1, 0.15) is 5.58 Å². The molecule has 0 saturated heterocycles. The van der Waals surface area contributed by atoms with E-state index in [1.807, 2.05) is 0 Å². The highest BCUT2D eigenvalue weighted by Crippen LogP contribution is 2.56. The molecule has 0 atom stereocenters. The molecule has 0 saturated carbocycles. The molecule has 208 valence electrons. The van der Waals surface area contributed by atoms with Gasteiger partial charge in [-0.2, -0.15) is 0 Å². The molecular weight excluding hydrogens is 547 g/mol. The first-order valence-corrected chi connectivity index (χ1v) is 15.9. The molecule has 0 amide bonds. The van der Waals surface area contributed by atoms with Crippen molar-refractivity contribution in [2.45, 2.75) is 19.3 Å². The van der Waals surface area contributed by atoms with Crippen LogP contribution in [0.4, 0.5) is 0 Å². The smallest absolute Gasteiger partial charge is 0.333 e. The van der Waals surface area contributed by atoms with E-state index in [2.05, 4.69) is 138 Å². The zero-order valence-corrected chi connectivity index (χ0v) is 24.8. The molecule has 0 fully saturated rings. The van der Waals surface area contributed by atoms with E-state index in [4.69, 9.17) is 4.42 Å². The zero-order valence-electron chi connectivity index (χ0n) is 24.8. The minimum Gasteiger partial charge on any atom is -0.439 e. The van der Waals surface area contributed by atoms with Gasteiger partial charge < -0.3 is 8.90 Å². The van der Waals surface area contributed by atoms with Crippen molar-refractivity contribution in [3.05, 3.63) is 126 Å². The van der Waals surface area contributed by atoms with E-state index >= 15 is 0 Å². The van der Waals surface area contributed by atoms with Crippen LogP contribution in [0.25, 0.3) is 82.7 Å². The number of hydrogen-bond donors (Lipinski definition) is 0. The Morgan fingerprint density at radius 3 is 2.33 bits per heavy atom. The topological polar surface area (TPSA) is 23.0 Å². The molecule has 5 heterocycles. The minimum atomic E-state index is -0.102. The Morgan fingerprint density at radius 2 is 1.40 bits per heavy atom. The van der Waals surface area contributed by atoms with Crippen LogP contribution >= 0.6 is 0 Å². The summed E-state index contributed by atoms with van der Waals surface area (Å²) in [6, 6.07) is 42.8. The third-order valence-corrected chi connectivity index (χ3v) is 11.2. The van der Waals surface area contributed by atoms with Gasteiger partial charge in [0.2, 0.25) is 5.71 Å². The van der Waals surface area contributed by atoms with Gasteiger partial charge >= 0.3 is 6.85 Å². The van der Waals surface area contributed by atoms with E-state index in [-0.39, 0.29) is 12.3 Å². The quantitative estimate of drug-likeness (QED) is 0.167. The molecule has 6 aromatic carbocycles. The molecular formula is C41H25BN2O. The number of fused-ring (bicyclic) bond motifs is 16. The number of para-hydroxylation sites is 3. The summed E-state index contributed by atoms with van der Waals surface area (Å²) in [5.41, 5.74) is 16.6. The van der Waals surface area contributed by atoms with Gasteiger partial charge in [0.25, 0.3) is 0 Å². The molecule has 0 bridgehead atoms. The first-order chi connectivity index (χ1) is 22.1. The Kier molecular flexibility index (Phi) is 3.70. The van der Waals surface area contributed by atoms with Crippen molar-refractivity contribution in [2.24, 2.45) is 0 Å². The highest BCUT2D eigenvalue weighted by atomic mass is 16.3. The van der Waals surface area contributed by atoms with Gasteiger partial charge in [-0.1, -0.05) is 117 Å². The average molecular weight is 572 g/mol. The molecule has 0 radical (unpaired) electrons. The summed E-state index contributed by atoms with van der Waals surface area (Å²) in [6.07, 6.45) is 0. The number of nitrogens with zero attached hydrogens (tertiary/aromatic N) is 2. The van der Waals surface area contributed by atoms with Crippen LogP contribution in [0.1, 0.15) is 25.0 Å². The first kappa shape index (κ1) is 23.0. The van der Waals surface area contributed by atoms with E-state index in [0.717, 1.165) is 11.3 Å². The van der Waals surface area contributed by atoms with Crippen molar-refractivity contribution in [1.82, 2.24) is 9.05 Å². The van der Waals surface area contributed by atoms with E-state index in [1.54, 1.807) is 0 Å². The summed E-state index contributed by atoms with van der Waals surface area (Å²) in [5, 5.41) is 7.57. The van der Waals surface area contributed by atoms with Crippen LogP contribution in [-0.4, -0.2) is 15.9 Å². The van der Waals surface area contributed by atoms with Gasteiger partial charge in [-0.25, -0.2) is 0 Å². The predicted octanol–water partition coefficient (Wildman–Crippen LogP) is 8.89. The van der Waals surface area contributed by atoms with Gasteiger partial charge in [0.05, 0.1) is 10.9 Å². The molecule has 4 heteroatoms. The fourth-order valence-electron chi connectivity index (χ4n) is 9.63. The Bertz CT molecular complexity index is 2860. The molecule has 0 unspecified atom stereocenters. The number of benzene rings is 6. The summed E-state index contributed by atoms with van der Waals surface area (Å²) in [6.45, 7) is 4.85. The molecule has 0 spiro atoms. The van der Waals surface area contributed by atoms with Crippen molar-refractivity contribution in [3.8, 4) is 28.1 Å². The van der Waals surface area contributed by atoms with Crippen LogP contribution in [-0.2, 0) is 5.41 Å². The Morgan fingerprint density at radius 1 is 0.667 bits per heavy atom. The molecule has 3 nitrogen and oxygen atoms in total. The Balaban J connectivity index is 1.37. The third kappa shape index (κ3) is 2.36.